The molecule has 0 aliphatic heterocycles. The molecule has 0 saturated heterocycles. The highest BCUT2D eigenvalue weighted by molar-refractivity contribution is 5.72. The van der Waals surface area contributed by atoms with Crippen LogP contribution in [-0.2, 0) is 14.3 Å². The summed E-state index contributed by atoms with van der Waals surface area (Å²) in [5.41, 5.74) is -0.102. The molecule has 0 spiro atoms. The molecule has 0 radical (unpaired) electrons. The Morgan fingerprint density at radius 2 is 1.59 bits per heavy atom. The molecule has 0 heterocycles. The summed E-state index contributed by atoms with van der Waals surface area (Å²) in [6, 6.07) is 5.61. The van der Waals surface area contributed by atoms with Gasteiger partial charge in [-0.2, -0.15) is 0 Å². The van der Waals surface area contributed by atoms with Crippen molar-refractivity contribution in [1.29, 1.82) is 0 Å². The van der Waals surface area contributed by atoms with Crippen LogP contribution in [0.3, 0.4) is 0 Å². The van der Waals surface area contributed by atoms with E-state index in [0.29, 0.717) is 25.4 Å². The zero-order valence-electron chi connectivity index (χ0n) is 17.6. The molecular formula is C22H33NO6. The van der Waals surface area contributed by atoms with Crippen molar-refractivity contribution in [1.82, 2.24) is 0 Å². The Kier molecular flexibility index (Phi) is 12.3. The van der Waals surface area contributed by atoms with E-state index in [1.54, 1.807) is 0 Å². The minimum atomic E-state index is -0.524. The van der Waals surface area contributed by atoms with Gasteiger partial charge in [0, 0.05) is 18.9 Å². The van der Waals surface area contributed by atoms with Gasteiger partial charge in [-0.25, -0.2) is 0 Å². The van der Waals surface area contributed by atoms with E-state index in [4.69, 9.17) is 9.47 Å². The lowest BCUT2D eigenvalue weighted by Crippen LogP contribution is -2.07. The summed E-state index contributed by atoms with van der Waals surface area (Å²) < 4.78 is 10.3. The number of carbonyl (C=O) groups is 2. The molecule has 0 N–H and O–H groups in total. The van der Waals surface area contributed by atoms with Crippen molar-refractivity contribution in [2.45, 2.75) is 78.1 Å². The van der Waals surface area contributed by atoms with E-state index in [1.807, 2.05) is 0 Å². The van der Waals surface area contributed by atoms with Gasteiger partial charge in [0.15, 0.2) is 0 Å². The van der Waals surface area contributed by atoms with E-state index >= 15 is 0 Å². The minimum Gasteiger partial charge on any atom is -0.466 e. The number of ether oxygens (including phenoxy) is 2. The Bertz CT molecular complexity index is 644. The Morgan fingerprint density at radius 3 is 2.21 bits per heavy atom. The van der Waals surface area contributed by atoms with Crippen molar-refractivity contribution in [3.63, 3.8) is 0 Å². The van der Waals surface area contributed by atoms with E-state index in [-0.39, 0.29) is 29.8 Å². The fourth-order valence-electron chi connectivity index (χ4n) is 2.84. The van der Waals surface area contributed by atoms with Gasteiger partial charge >= 0.3 is 11.9 Å². The SMILES string of the molecule is CC(C)CCCOC(=O)CCCCCCCCC(=O)Oc1cccc([N+](=O)[O-])c1. The standard InChI is InChI=1S/C22H33NO6/c1-18(2)11-10-16-28-21(24)14-7-5-3-4-6-8-15-22(25)29-20-13-9-12-19(17-20)23(26)27/h9,12-13,17-18H,3-8,10-11,14-16H2,1-2H3. The number of nitrogens with zero attached hydrogens (tertiary/aromatic N) is 1. The van der Waals surface area contributed by atoms with Gasteiger partial charge in [0.05, 0.1) is 17.6 Å². The molecule has 0 aromatic heterocycles. The maximum atomic E-state index is 11.8. The second kappa shape index (κ2) is 14.5. The smallest absolute Gasteiger partial charge is 0.311 e. The fraction of sp³-hybridized carbons (Fsp3) is 0.636. The average molecular weight is 408 g/mol. The zero-order chi connectivity index (χ0) is 21.5. The third-order valence-corrected chi connectivity index (χ3v) is 4.46. The number of non-ortho nitro benzene ring substituents is 1. The molecule has 0 unspecified atom stereocenters. The molecule has 7 nitrogen and oxygen atoms in total. The van der Waals surface area contributed by atoms with Crippen LogP contribution >= 0.6 is 0 Å². The molecule has 0 fully saturated rings. The average Bonchev–Trinajstić information content (AvgIpc) is 2.67. The fourth-order valence-corrected chi connectivity index (χ4v) is 2.84. The largest absolute Gasteiger partial charge is 0.466 e. The highest BCUT2D eigenvalue weighted by Crippen LogP contribution is 2.20. The lowest BCUT2D eigenvalue weighted by molar-refractivity contribution is -0.384. The topological polar surface area (TPSA) is 95.7 Å². The lowest BCUT2D eigenvalue weighted by atomic mass is 10.1. The third kappa shape index (κ3) is 12.6. The first-order valence-electron chi connectivity index (χ1n) is 10.5. The molecule has 0 amide bonds. The highest BCUT2D eigenvalue weighted by atomic mass is 16.6. The molecule has 162 valence electrons. The van der Waals surface area contributed by atoms with Gasteiger partial charge in [0.1, 0.15) is 5.75 Å². The van der Waals surface area contributed by atoms with Gasteiger partial charge in [-0.1, -0.05) is 45.6 Å². The van der Waals surface area contributed by atoms with E-state index in [0.717, 1.165) is 44.9 Å². The van der Waals surface area contributed by atoms with Gasteiger partial charge in [-0.15, -0.1) is 0 Å². The van der Waals surface area contributed by atoms with Crippen molar-refractivity contribution in [3.05, 3.63) is 34.4 Å². The number of rotatable bonds is 15. The summed E-state index contributed by atoms with van der Waals surface area (Å²) >= 11 is 0. The molecule has 1 aromatic rings. The predicted octanol–water partition coefficient (Wildman–Crippen LogP) is 5.60. The van der Waals surface area contributed by atoms with Gasteiger partial charge < -0.3 is 9.47 Å². The number of carbonyl (C=O) groups excluding carboxylic acids is 2. The molecule has 0 saturated carbocycles. The molecule has 0 bridgehead atoms. The highest BCUT2D eigenvalue weighted by Gasteiger charge is 2.10. The first-order chi connectivity index (χ1) is 13.9. The molecule has 0 atom stereocenters. The van der Waals surface area contributed by atoms with E-state index in [1.165, 1.54) is 24.3 Å². The number of hydrogen-bond donors (Lipinski definition) is 0. The first kappa shape index (κ1) is 24.6. The summed E-state index contributed by atoms with van der Waals surface area (Å²) in [6.45, 7) is 4.83. The molecule has 7 heteroatoms. The Morgan fingerprint density at radius 1 is 0.966 bits per heavy atom. The summed E-state index contributed by atoms with van der Waals surface area (Å²) in [4.78, 5) is 33.6. The molecular weight excluding hydrogens is 374 g/mol. The summed E-state index contributed by atoms with van der Waals surface area (Å²) in [6.07, 6.45) is 8.18. The monoisotopic (exact) mass is 407 g/mol. The second-order valence-corrected chi connectivity index (χ2v) is 7.61. The van der Waals surface area contributed by atoms with Crippen LogP contribution < -0.4 is 4.74 Å². The van der Waals surface area contributed by atoms with Crippen LogP contribution in [0.4, 0.5) is 5.69 Å². The maximum Gasteiger partial charge on any atom is 0.311 e. The number of hydrogen-bond acceptors (Lipinski definition) is 6. The van der Waals surface area contributed by atoms with Crippen molar-refractivity contribution in [2.75, 3.05) is 6.61 Å². The van der Waals surface area contributed by atoms with E-state index in [9.17, 15) is 19.7 Å². The first-order valence-corrected chi connectivity index (χ1v) is 10.5. The molecule has 0 aliphatic rings. The number of unbranched alkanes of at least 4 members (excludes halogenated alkanes) is 5. The number of nitro groups is 1. The van der Waals surface area contributed by atoms with Crippen LogP contribution in [0.25, 0.3) is 0 Å². The molecule has 1 rings (SSSR count). The molecule has 1 aromatic carbocycles. The van der Waals surface area contributed by atoms with Crippen molar-refractivity contribution in [2.24, 2.45) is 5.92 Å². The Labute approximate surface area is 172 Å². The molecule has 0 aliphatic carbocycles. The van der Waals surface area contributed by atoms with Crippen molar-refractivity contribution >= 4 is 17.6 Å². The van der Waals surface area contributed by atoms with Crippen molar-refractivity contribution < 1.29 is 24.0 Å². The molecule has 29 heavy (non-hydrogen) atoms. The summed E-state index contributed by atoms with van der Waals surface area (Å²) in [5.74, 6) is 0.332. The maximum absolute atomic E-state index is 11.8. The van der Waals surface area contributed by atoms with E-state index in [2.05, 4.69) is 13.8 Å². The second-order valence-electron chi connectivity index (χ2n) is 7.61. The number of esters is 2. The third-order valence-electron chi connectivity index (χ3n) is 4.46. The number of benzene rings is 1. The van der Waals surface area contributed by atoms with Crippen LogP contribution in [0, 0.1) is 16.0 Å². The van der Waals surface area contributed by atoms with Crippen LogP contribution in [-0.4, -0.2) is 23.5 Å². The van der Waals surface area contributed by atoms with Crippen LogP contribution in [0.2, 0.25) is 0 Å². The van der Waals surface area contributed by atoms with E-state index < -0.39 is 4.92 Å². The Hall–Kier alpha value is -2.44. The Balaban J connectivity index is 2.00. The normalized spacial score (nSPS) is 10.7. The van der Waals surface area contributed by atoms with Crippen LogP contribution in [0.5, 0.6) is 5.75 Å². The quantitative estimate of drug-likeness (QED) is 0.123. The van der Waals surface area contributed by atoms with Gasteiger partial charge in [0.25, 0.3) is 5.69 Å². The summed E-state index contributed by atoms with van der Waals surface area (Å²) in [5, 5.41) is 10.7. The number of nitro benzene ring substituents is 1. The zero-order valence-corrected chi connectivity index (χ0v) is 17.6. The minimum absolute atomic E-state index is 0.102. The van der Waals surface area contributed by atoms with Gasteiger partial charge in [-0.3, -0.25) is 19.7 Å². The predicted molar refractivity (Wildman–Crippen MR) is 111 cm³/mol. The van der Waals surface area contributed by atoms with Gasteiger partial charge in [0.2, 0.25) is 0 Å². The summed E-state index contributed by atoms with van der Waals surface area (Å²) in [7, 11) is 0. The van der Waals surface area contributed by atoms with Crippen LogP contribution in [0.1, 0.15) is 78.1 Å². The van der Waals surface area contributed by atoms with Crippen molar-refractivity contribution in [3.8, 4) is 5.75 Å². The van der Waals surface area contributed by atoms with Crippen LogP contribution in [0.15, 0.2) is 24.3 Å². The van der Waals surface area contributed by atoms with Gasteiger partial charge in [-0.05, 0) is 37.7 Å². The lowest BCUT2D eigenvalue weighted by Gasteiger charge is -2.06.